The van der Waals surface area contributed by atoms with Crippen molar-refractivity contribution in [2.45, 2.75) is 64.8 Å². The molecule has 0 radical (unpaired) electrons. The first kappa shape index (κ1) is 12.3. The van der Waals surface area contributed by atoms with E-state index in [1.165, 1.54) is 51.4 Å². The largest absolute Gasteiger partial charge is 0.273 e. The Kier molecular flexibility index (Phi) is 6.97. The predicted octanol–water partition coefficient (Wildman–Crippen LogP) is 4.02. The van der Waals surface area contributed by atoms with E-state index in [1.54, 1.807) is 0 Å². The van der Waals surface area contributed by atoms with Gasteiger partial charge in [0.2, 0.25) is 0 Å². The number of nitrogens with zero attached hydrogens (tertiary/aromatic N) is 2. The van der Waals surface area contributed by atoms with Gasteiger partial charge in [0.15, 0.2) is 0 Å². The molecule has 0 aliphatic carbocycles. The summed E-state index contributed by atoms with van der Waals surface area (Å²) >= 11 is 0. The van der Waals surface area contributed by atoms with Crippen molar-refractivity contribution in [3.63, 3.8) is 0 Å². The van der Waals surface area contributed by atoms with Gasteiger partial charge in [-0.05, 0) is 12.5 Å². The van der Waals surface area contributed by atoms with Gasteiger partial charge in [-0.15, -0.1) is 0 Å². The molecule has 0 atom stereocenters. The second kappa shape index (κ2) is 8.51. The highest BCUT2D eigenvalue weighted by Gasteiger charge is 1.92. The topological polar surface area (TPSA) is 17.8 Å². The minimum absolute atomic E-state index is 1.09. The molecular weight excluding hydrogens is 184 g/mol. The molecule has 0 amide bonds. The smallest absolute Gasteiger partial charge is 0.0489 e. The van der Waals surface area contributed by atoms with Crippen LogP contribution < -0.4 is 0 Å². The maximum Gasteiger partial charge on any atom is 0.0489 e. The molecule has 0 fully saturated rings. The van der Waals surface area contributed by atoms with E-state index in [0.717, 1.165) is 6.54 Å². The van der Waals surface area contributed by atoms with Crippen molar-refractivity contribution in [2.24, 2.45) is 0 Å². The number of rotatable bonds is 9. The number of aryl methyl sites for hydroxylation is 1. The maximum absolute atomic E-state index is 4.19. The van der Waals surface area contributed by atoms with E-state index in [9.17, 15) is 0 Å². The lowest BCUT2D eigenvalue weighted by atomic mass is 10.1. The average Bonchev–Trinajstić information content (AvgIpc) is 2.75. The van der Waals surface area contributed by atoms with Gasteiger partial charge < -0.3 is 0 Å². The molecule has 0 aromatic carbocycles. The molecule has 0 bridgehead atoms. The molecule has 1 heterocycles. The Balaban J connectivity index is 1.81. The fourth-order valence-corrected chi connectivity index (χ4v) is 1.84. The molecule has 0 saturated heterocycles. The molecule has 1 rings (SSSR count). The number of hydrogen-bond acceptors (Lipinski definition) is 1. The van der Waals surface area contributed by atoms with Crippen LogP contribution in [0.3, 0.4) is 0 Å². The molecule has 1 aromatic heterocycles. The van der Waals surface area contributed by atoms with Gasteiger partial charge in [0.25, 0.3) is 0 Å². The Morgan fingerprint density at radius 3 is 2.20 bits per heavy atom. The zero-order chi connectivity index (χ0) is 10.8. The summed E-state index contributed by atoms with van der Waals surface area (Å²) in [6, 6.07) is 1.99. The van der Waals surface area contributed by atoms with Gasteiger partial charge >= 0.3 is 0 Å². The molecule has 0 spiro atoms. The molecule has 0 aliphatic heterocycles. The molecule has 0 aliphatic rings. The molecular formula is C13H24N2. The first-order valence-electron chi connectivity index (χ1n) is 6.41. The average molecular weight is 208 g/mol. The molecule has 0 unspecified atom stereocenters. The summed E-state index contributed by atoms with van der Waals surface area (Å²) in [5.41, 5.74) is 0. The summed E-state index contributed by atoms with van der Waals surface area (Å²) in [5, 5.41) is 4.19. The molecule has 2 nitrogen and oxygen atoms in total. The molecule has 2 heteroatoms. The summed E-state index contributed by atoms with van der Waals surface area (Å²) in [6.45, 7) is 3.35. The Hall–Kier alpha value is -0.790. The first-order valence-corrected chi connectivity index (χ1v) is 6.41. The van der Waals surface area contributed by atoms with Gasteiger partial charge in [0, 0.05) is 18.9 Å². The van der Waals surface area contributed by atoms with Gasteiger partial charge in [-0.25, -0.2) is 0 Å². The lowest BCUT2D eigenvalue weighted by molar-refractivity contribution is 0.520. The van der Waals surface area contributed by atoms with Crippen LogP contribution in [0.2, 0.25) is 0 Å². The number of hydrogen-bond donors (Lipinski definition) is 0. The van der Waals surface area contributed by atoms with Crippen molar-refractivity contribution in [2.75, 3.05) is 0 Å². The van der Waals surface area contributed by atoms with E-state index in [1.807, 2.05) is 23.1 Å². The van der Waals surface area contributed by atoms with Crippen LogP contribution in [0.25, 0.3) is 0 Å². The van der Waals surface area contributed by atoms with Crippen LogP contribution in [0.15, 0.2) is 18.5 Å². The summed E-state index contributed by atoms with van der Waals surface area (Å²) in [7, 11) is 0. The lowest BCUT2D eigenvalue weighted by Crippen LogP contribution is -1.97. The van der Waals surface area contributed by atoms with Crippen molar-refractivity contribution in [1.29, 1.82) is 0 Å². The molecule has 0 N–H and O–H groups in total. The Bertz CT molecular complexity index is 216. The first-order chi connectivity index (χ1) is 7.43. The van der Waals surface area contributed by atoms with E-state index < -0.39 is 0 Å². The summed E-state index contributed by atoms with van der Waals surface area (Å²) in [4.78, 5) is 0. The second-order valence-corrected chi connectivity index (χ2v) is 4.24. The van der Waals surface area contributed by atoms with Gasteiger partial charge in [0.1, 0.15) is 0 Å². The third-order valence-electron chi connectivity index (χ3n) is 2.80. The normalized spacial score (nSPS) is 10.7. The third kappa shape index (κ3) is 6.32. The Morgan fingerprint density at radius 2 is 1.60 bits per heavy atom. The van der Waals surface area contributed by atoms with Crippen LogP contribution in [0.1, 0.15) is 58.3 Å². The van der Waals surface area contributed by atoms with Crippen LogP contribution in [0, 0.1) is 0 Å². The Morgan fingerprint density at radius 1 is 0.933 bits per heavy atom. The standard InChI is InChI=1S/C13H24N2/c1-2-3-4-5-6-7-8-9-12-15-13-10-11-14-15/h10-11,13H,2-9,12H2,1H3. The highest BCUT2D eigenvalue weighted by molar-refractivity contribution is 4.77. The van der Waals surface area contributed by atoms with E-state index in [0.29, 0.717) is 0 Å². The highest BCUT2D eigenvalue weighted by Crippen LogP contribution is 2.08. The van der Waals surface area contributed by atoms with Crippen molar-refractivity contribution in [1.82, 2.24) is 9.78 Å². The lowest BCUT2D eigenvalue weighted by Gasteiger charge is -2.02. The van der Waals surface area contributed by atoms with E-state index >= 15 is 0 Å². The van der Waals surface area contributed by atoms with Crippen LogP contribution in [0.5, 0.6) is 0 Å². The highest BCUT2D eigenvalue weighted by atomic mass is 15.3. The number of unbranched alkanes of at least 4 members (excludes halogenated alkanes) is 7. The maximum atomic E-state index is 4.19. The molecule has 1 aromatic rings. The van der Waals surface area contributed by atoms with Crippen molar-refractivity contribution in [3.05, 3.63) is 18.5 Å². The minimum atomic E-state index is 1.09. The van der Waals surface area contributed by atoms with E-state index in [2.05, 4.69) is 12.0 Å². The third-order valence-corrected chi connectivity index (χ3v) is 2.80. The zero-order valence-electron chi connectivity index (χ0n) is 9.99. The SMILES string of the molecule is CCCCCCCCCCn1cccn1. The van der Waals surface area contributed by atoms with Crippen molar-refractivity contribution < 1.29 is 0 Å². The monoisotopic (exact) mass is 208 g/mol. The van der Waals surface area contributed by atoms with Gasteiger partial charge in [-0.3, -0.25) is 4.68 Å². The second-order valence-electron chi connectivity index (χ2n) is 4.24. The van der Waals surface area contributed by atoms with Crippen molar-refractivity contribution in [3.8, 4) is 0 Å². The molecule has 15 heavy (non-hydrogen) atoms. The van der Waals surface area contributed by atoms with Crippen molar-refractivity contribution >= 4 is 0 Å². The Labute approximate surface area is 93.7 Å². The fraction of sp³-hybridized carbons (Fsp3) is 0.769. The summed E-state index contributed by atoms with van der Waals surface area (Å²) in [5.74, 6) is 0. The van der Waals surface area contributed by atoms with Gasteiger partial charge in [-0.1, -0.05) is 51.9 Å². The molecule has 0 saturated carbocycles. The number of aromatic nitrogens is 2. The fourth-order valence-electron chi connectivity index (χ4n) is 1.84. The van der Waals surface area contributed by atoms with E-state index in [4.69, 9.17) is 0 Å². The quantitative estimate of drug-likeness (QED) is 0.560. The van der Waals surface area contributed by atoms with Crippen LogP contribution in [-0.4, -0.2) is 9.78 Å². The van der Waals surface area contributed by atoms with Gasteiger partial charge in [-0.2, -0.15) is 5.10 Å². The summed E-state index contributed by atoms with van der Waals surface area (Å²) in [6.07, 6.45) is 14.9. The van der Waals surface area contributed by atoms with Gasteiger partial charge in [0.05, 0.1) is 0 Å². The molecule has 86 valence electrons. The van der Waals surface area contributed by atoms with Crippen LogP contribution >= 0.6 is 0 Å². The predicted molar refractivity (Wildman–Crippen MR) is 64.8 cm³/mol. The van der Waals surface area contributed by atoms with Crippen LogP contribution in [-0.2, 0) is 6.54 Å². The summed E-state index contributed by atoms with van der Waals surface area (Å²) < 4.78 is 2.02. The zero-order valence-corrected chi connectivity index (χ0v) is 9.99. The minimum Gasteiger partial charge on any atom is -0.273 e. The van der Waals surface area contributed by atoms with Crippen LogP contribution in [0.4, 0.5) is 0 Å². The van der Waals surface area contributed by atoms with E-state index in [-0.39, 0.29) is 0 Å².